The second-order valence-corrected chi connectivity index (χ2v) is 8.31. The first-order valence-corrected chi connectivity index (χ1v) is 10.5. The molecule has 2 N–H and O–H groups in total. The Morgan fingerprint density at radius 2 is 1.73 bits per heavy atom. The van der Waals surface area contributed by atoms with Gasteiger partial charge in [0.05, 0.1) is 0 Å². The van der Waals surface area contributed by atoms with Crippen molar-refractivity contribution < 1.29 is 28.7 Å². The number of carboxylic acid groups (broad SMARTS) is 2. The highest BCUT2D eigenvalue weighted by molar-refractivity contribution is 7.85. The average molecular weight is 387 g/mol. The minimum atomic E-state index is -1.83. The average Bonchev–Trinajstić information content (AvgIpc) is 3.05. The molecule has 0 spiro atoms. The van der Waals surface area contributed by atoms with E-state index in [0.29, 0.717) is 6.79 Å². The molecule has 1 aromatic rings. The van der Waals surface area contributed by atoms with Crippen molar-refractivity contribution in [3.05, 3.63) is 23.8 Å². The van der Waals surface area contributed by atoms with Crippen molar-refractivity contribution in [2.45, 2.75) is 64.0 Å². The van der Waals surface area contributed by atoms with E-state index in [1.165, 1.54) is 37.7 Å². The zero-order chi connectivity index (χ0) is 19.4. The van der Waals surface area contributed by atoms with Gasteiger partial charge in [-0.2, -0.15) is 0 Å². The van der Waals surface area contributed by atoms with Gasteiger partial charge in [-0.1, -0.05) is 52.0 Å². The van der Waals surface area contributed by atoms with Crippen LogP contribution in [0, 0.1) is 0 Å². The summed E-state index contributed by atoms with van der Waals surface area (Å²) in [7, 11) is -0.743. The molecule has 0 aliphatic carbocycles. The number of benzene rings is 1. The van der Waals surface area contributed by atoms with Crippen molar-refractivity contribution in [3.63, 3.8) is 0 Å². The summed E-state index contributed by atoms with van der Waals surface area (Å²) in [5, 5.41) is 14.1. The van der Waals surface area contributed by atoms with E-state index < -0.39 is 17.0 Å². The predicted octanol–water partition coefficient (Wildman–Crippen LogP) is 4.68. The van der Waals surface area contributed by atoms with E-state index in [1.54, 1.807) is 0 Å². The monoisotopic (exact) mass is 386 g/mol. The standard InChI is InChI=1S/C18H28O3S.CH2O3/c1-3-4-5-6-7-8-11-22(19)15(2)12-16-9-10-17-18(13-16)21-14-20-17;2-1(3)4/h9-10,13,15H,3-8,11-12,14H2,1-2H3;(H2,2,3,4). The quantitative estimate of drug-likeness (QED) is 0.567. The molecule has 1 heterocycles. The van der Waals surface area contributed by atoms with Crippen molar-refractivity contribution in [1.82, 2.24) is 0 Å². The number of fused-ring (bicyclic) bond motifs is 1. The first-order valence-electron chi connectivity index (χ1n) is 9.11. The molecule has 0 saturated heterocycles. The Morgan fingerprint density at radius 1 is 1.12 bits per heavy atom. The zero-order valence-corrected chi connectivity index (χ0v) is 16.4. The molecule has 6 nitrogen and oxygen atoms in total. The molecule has 7 heteroatoms. The normalized spacial score (nSPS) is 14.2. The molecule has 2 rings (SSSR count). The first kappa shape index (κ1) is 22.3. The highest BCUT2D eigenvalue weighted by atomic mass is 32.2. The minimum Gasteiger partial charge on any atom is -0.454 e. The molecule has 1 aliphatic heterocycles. The van der Waals surface area contributed by atoms with E-state index in [4.69, 9.17) is 24.5 Å². The summed E-state index contributed by atoms with van der Waals surface area (Å²) in [6, 6.07) is 6.01. The molecule has 0 aromatic heterocycles. The second kappa shape index (κ2) is 12.6. The van der Waals surface area contributed by atoms with Crippen LogP contribution in [0.3, 0.4) is 0 Å². The van der Waals surface area contributed by atoms with Gasteiger partial charge < -0.3 is 19.7 Å². The van der Waals surface area contributed by atoms with Gasteiger partial charge in [-0.15, -0.1) is 0 Å². The van der Waals surface area contributed by atoms with Crippen LogP contribution in [0.5, 0.6) is 11.5 Å². The highest BCUT2D eigenvalue weighted by Crippen LogP contribution is 2.33. The summed E-state index contributed by atoms with van der Waals surface area (Å²) in [5.74, 6) is 2.45. The topological polar surface area (TPSA) is 93.1 Å². The Labute approximate surface area is 158 Å². The van der Waals surface area contributed by atoms with E-state index in [-0.39, 0.29) is 5.25 Å². The van der Waals surface area contributed by atoms with E-state index in [1.807, 2.05) is 18.2 Å². The van der Waals surface area contributed by atoms with Crippen molar-refractivity contribution >= 4 is 17.0 Å². The molecule has 0 fully saturated rings. The smallest absolute Gasteiger partial charge is 0.454 e. The van der Waals surface area contributed by atoms with Crippen LogP contribution < -0.4 is 9.47 Å². The number of rotatable bonds is 10. The Kier molecular flexibility index (Phi) is 10.8. The molecule has 1 aromatic carbocycles. The molecule has 0 radical (unpaired) electrons. The summed E-state index contributed by atoms with van der Waals surface area (Å²) in [5.41, 5.74) is 1.17. The van der Waals surface area contributed by atoms with Crippen molar-refractivity contribution in [2.75, 3.05) is 12.5 Å². The lowest BCUT2D eigenvalue weighted by atomic mass is 10.1. The fourth-order valence-corrected chi connectivity index (χ4v) is 3.99. The third-order valence-electron chi connectivity index (χ3n) is 4.11. The van der Waals surface area contributed by atoms with Gasteiger partial charge in [-0.3, -0.25) is 4.21 Å². The van der Waals surface area contributed by atoms with Crippen LogP contribution in [0.25, 0.3) is 0 Å². The maximum absolute atomic E-state index is 12.3. The number of hydrogen-bond donors (Lipinski definition) is 2. The third-order valence-corrected chi connectivity index (χ3v) is 5.86. The van der Waals surface area contributed by atoms with Gasteiger partial charge in [-0.25, -0.2) is 4.79 Å². The van der Waals surface area contributed by atoms with E-state index in [9.17, 15) is 4.21 Å². The van der Waals surface area contributed by atoms with Gasteiger partial charge in [0.15, 0.2) is 11.5 Å². The van der Waals surface area contributed by atoms with Crippen LogP contribution in [-0.2, 0) is 17.2 Å². The lowest BCUT2D eigenvalue weighted by Gasteiger charge is -2.12. The molecule has 1 aliphatic rings. The number of hydrogen-bond acceptors (Lipinski definition) is 4. The molecule has 0 bridgehead atoms. The Bertz CT molecular complexity index is 571. The van der Waals surface area contributed by atoms with Crippen LogP contribution in [0.15, 0.2) is 18.2 Å². The van der Waals surface area contributed by atoms with Crippen molar-refractivity contribution in [2.24, 2.45) is 0 Å². The predicted molar refractivity (Wildman–Crippen MR) is 103 cm³/mol. The van der Waals surface area contributed by atoms with Crippen LogP contribution in [0.4, 0.5) is 4.79 Å². The molecule has 2 atom stereocenters. The number of unbranched alkanes of at least 4 members (excludes halogenated alkanes) is 5. The van der Waals surface area contributed by atoms with Crippen molar-refractivity contribution in [1.29, 1.82) is 0 Å². The third kappa shape index (κ3) is 9.08. The molecule has 0 saturated carbocycles. The van der Waals surface area contributed by atoms with E-state index in [2.05, 4.69) is 13.8 Å². The minimum absolute atomic E-state index is 0.191. The van der Waals surface area contributed by atoms with Crippen LogP contribution in [0.1, 0.15) is 57.9 Å². The lowest BCUT2D eigenvalue weighted by Crippen LogP contribution is -2.16. The summed E-state index contributed by atoms with van der Waals surface area (Å²) in [6.07, 6.45) is 6.49. The maximum Gasteiger partial charge on any atom is 0.503 e. The molecular weight excluding hydrogens is 356 g/mol. The van der Waals surface area contributed by atoms with Crippen LogP contribution in [-0.4, -0.2) is 38.4 Å². The van der Waals surface area contributed by atoms with Crippen molar-refractivity contribution in [3.8, 4) is 11.5 Å². The van der Waals surface area contributed by atoms with Gasteiger partial charge in [0.1, 0.15) is 0 Å². The number of carbonyl (C=O) groups is 1. The lowest BCUT2D eigenvalue weighted by molar-refractivity contribution is 0.137. The molecule has 26 heavy (non-hydrogen) atoms. The molecule has 0 amide bonds. The largest absolute Gasteiger partial charge is 0.503 e. The second-order valence-electron chi connectivity index (χ2n) is 6.34. The first-order chi connectivity index (χ1) is 12.4. The molecule has 148 valence electrons. The van der Waals surface area contributed by atoms with Gasteiger partial charge in [-0.05, 0) is 30.5 Å². The van der Waals surface area contributed by atoms with Crippen LogP contribution >= 0.6 is 0 Å². The Morgan fingerprint density at radius 3 is 2.42 bits per heavy atom. The Balaban J connectivity index is 0.000000765. The fourth-order valence-electron chi connectivity index (χ4n) is 2.72. The fraction of sp³-hybridized carbons (Fsp3) is 0.632. The SMILES string of the molecule is CCCCCCCCS(=O)C(C)Cc1ccc2c(c1)OCO2.O=C(O)O. The van der Waals surface area contributed by atoms with Gasteiger partial charge >= 0.3 is 6.16 Å². The zero-order valence-electron chi connectivity index (χ0n) is 15.6. The van der Waals surface area contributed by atoms with Gasteiger partial charge in [0.25, 0.3) is 0 Å². The molecular formula is C19H30O6S. The maximum atomic E-state index is 12.3. The van der Waals surface area contributed by atoms with Crippen LogP contribution in [0.2, 0.25) is 0 Å². The molecule has 2 unspecified atom stereocenters. The summed E-state index contributed by atoms with van der Waals surface area (Å²) >= 11 is 0. The summed E-state index contributed by atoms with van der Waals surface area (Å²) in [6.45, 7) is 4.61. The van der Waals surface area contributed by atoms with E-state index in [0.717, 1.165) is 30.1 Å². The summed E-state index contributed by atoms with van der Waals surface area (Å²) in [4.78, 5) is 8.56. The Hall–Kier alpha value is -1.76. The van der Waals surface area contributed by atoms with E-state index >= 15 is 0 Å². The summed E-state index contributed by atoms with van der Waals surface area (Å²) < 4.78 is 23.0. The highest BCUT2D eigenvalue weighted by Gasteiger charge is 2.16. The number of ether oxygens (including phenoxy) is 2. The van der Waals surface area contributed by atoms with Gasteiger partial charge in [0.2, 0.25) is 6.79 Å². The van der Waals surface area contributed by atoms with Gasteiger partial charge in [0, 0.05) is 21.8 Å².